The van der Waals surface area contributed by atoms with Crippen molar-refractivity contribution in [2.75, 3.05) is 6.54 Å². The summed E-state index contributed by atoms with van der Waals surface area (Å²) in [4.78, 5) is 11.9. The fourth-order valence-electron chi connectivity index (χ4n) is 3.10. The third-order valence-electron chi connectivity index (χ3n) is 5.01. The van der Waals surface area contributed by atoms with Gasteiger partial charge in [-0.15, -0.1) is 0 Å². The number of nitrogens with one attached hydrogen (secondary N) is 1. The molecular formula is C28H41NO3. The summed E-state index contributed by atoms with van der Waals surface area (Å²) >= 11 is 0. The summed E-state index contributed by atoms with van der Waals surface area (Å²) in [6, 6.07) is 4.72. The molecule has 0 saturated carbocycles. The Balaban J connectivity index is 1.97. The number of phenols is 2. The molecule has 0 bridgehead atoms. The number of carbonyl (C=O) groups is 1. The molecule has 0 radical (unpaired) electrons. The average molecular weight is 440 g/mol. The van der Waals surface area contributed by atoms with Crippen LogP contribution in [-0.4, -0.2) is 22.7 Å². The molecule has 176 valence electrons. The van der Waals surface area contributed by atoms with Crippen LogP contribution in [0.5, 0.6) is 11.5 Å². The van der Waals surface area contributed by atoms with E-state index in [4.69, 9.17) is 0 Å². The van der Waals surface area contributed by atoms with Crippen LogP contribution >= 0.6 is 0 Å². The Labute approximate surface area is 194 Å². The van der Waals surface area contributed by atoms with Gasteiger partial charge in [0.25, 0.3) is 0 Å². The van der Waals surface area contributed by atoms with Crippen LogP contribution in [0, 0.1) is 0 Å². The number of allylic oxidation sites excluding steroid dienone is 8. The molecule has 0 aromatic heterocycles. The van der Waals surface area contributed by atoms with Crippen LogP contribution in [0.1, 0.15) is 76.7 Å². The second kappa shape index (κ2) is 19.0. The van der Waals surface area contributed by atoms with Gasteiger partial charge in [0.2, 0.25) is 5.91 Å². The smallest absolute Gasteiger partial charge is 0.220 e. The van der Waals surface area contributed by atoms with Crippen molar-refractivity contribution in [2.45, 2.75) is 77.6 Å². The van der Waals surface area contributed by atoms with Gasteiger partial charge in [-0.05, 0) is 69.1 Å². The van der Waals surface area contributed by atoms with E-state index in [-0.39, 0.29) is 17.4 Å². The fourth-order valence-corrected chi connectivity index (χ4v) is 3.10. The van der Waals surface area contributed by atoms with Crippen LogP contribution in [0.15, 0.2) is 66.8 Å². The van der Waals surface area contributed by atoms with E-state index in [1.54, 1.807) is 6.07 Å². The lowest BCUT2D eigenvalue weighted by atomic mass is 10.1. The van der Waals surface area contributed by atoms with Crippen LogP contribution in [0.4, 0.5) is 0 Å². The van der Waals surface area contributed by atoms with Gasteiger partial charge in [-0.2, -0.15) is 0 Å². The van der Waals surface area contributed by atoms with E-state index in [1.807, 2.05) is 0 Å². The standard InChI is InChI=1S/C28H41NO3/c1-2-3-4-5-6-7-8-9-10-11-12-13-14-15-16-17-18-19-28(32)29-23-22-25-20-21-26(30)27(31)24-25/h6-7,9-10,12-13,15-16,20-21,24,30-31H,2-5,8,11,14,17-19,22-23H2,1H3,(H,29,32)/b7-6+,10-9+,13-12+,16-15-. The maximum absolute atomic E-state index is 11.9. The Morgan fingerprint density at radius 1 is 0.812 bits per heavy atom. The number of hydrogen-bond acceptors (Lipinski definition) is 3. The van der Waals surface area contributed by atoms with E-state index in [9.17, 15) is 15.0 Å². The highest BCUT2D eigenvalue weighted by atomic mass is 16.3. The molecular weight excluding hydrogens is 398 g/mol. The fraction of sp³-hybridized carbons (Fsp3) is 0.464. The number of rotatable bonds is 17. The van der Waals surface area contributed by atoms with Crippen molar-refractivity contribution in [3.63, 3.8) is 0 Å². The first kappa shape index (κ1) is 27.3. The molecule has 0 aliphatic heterocycles. The SMILES string of the molecule is CCCCC/C=C/C/C=C/C/C=C/C/C=C\CCCC(=O)NCCc1ccc(O)c(O)c1. The summed E-state index contributed by atoms with van der Waals surface area (Å²) in [5.74, 6) is -0.216. The number of unbranched alkanes of at least 4 members (excludes halogenated alkanes) is 4. The van der Waals surface area contributed by atoms with Crippen LogP contribution in [0.2, 0.25) is 0 Å². The molecule has 1 aromatic carbocycles. The van der Waals surface area contributed by atoms with Crippen LogP contribution in [0.25, 0.3) is 0 Å². The quantitative estimate of drug-likeness (QED) is 0.140. The van der Waals surface area contributed by atoms with E-state index < -0.39 is 0 Å². The van der Waals surface area contributed by atoms with Crippen molar-refractivity contribution in [3.05, 3.63) is 72.4 Å². The summed E-state index contributed by atoms with van der Waals surface area (Å²) in [5.41, 5.74) is 0.877. The molecule has 1 rings (SSSR count). The zero-order valence-corrected chi connectivity index (χ0v) is 19.6. The second-order valence-electron chi connectivity index (χ2n) is 7.90. The molecule has 0 unspecified atom stereocenters. The summed E-state index contributed by atoms with van der Waals surface area (Å²) < 4.78 is 0. The van der Waals surface area contributed by atoms with Gasteiger partial charge >= 0.3 is 0 Å². The zero-order chi connectivity index (χ0) is 23.3. The lowest BCUT2D eigenvalue weighted by Crippen LogP contribution is -2.25. The second-order valence-corrected chi connectivity index (χ2v) is 7.90. The van der Waals surface area contributed by atoms with Gasteiger partial charge in [0.15, 0.2) is 11.5 Å². The Morgan fingerprint density at radius 2 is 1.41 bits per heavy atom. The molecule has 0 heterocycles. The molecule has 1 aromatic rings. The lowest BCUT2D eigenvalue weighted by Gasteiger charge is -2.06. The van der Waals surface area contributed by atoms with Gasteiger partial charge in [0, 0.05) is 13.0 Å². The Bertz CT molecular complexity index is 747. The molecule has 0 spiro atoms. The molecule has 0 fully saturated rings. The van der Waals surface area contributed by atoms with Gasteiger partial charge in [0.1, 0.15) is 0 Å². The minimum atomic E-state index is -0.132. The third kappa shape index (κ3) is 15.1. The van der Waals surface area contributed by atoms with E-state index in [2.05, 4.69) is 60.8 Å². The number of hydrogen-bond donors (Lipinski definition) is 3. The van der Waals surface area contributed by atoms with Gasteiger partial charge in [0.05, 0.1) is 0 Å². The third-order valence-corrected chi connectivity index (χ3v) is 5.01. The minimum absolute atomic E-state index is 0.0453. The van der Waals surface area contributed by atoms with E-state index in [0.717, 1.165) is 37.7 Å². The molecule has 0 saturated heterocycles. The number of amides is 1. The number of aromatic hydroxyl groups is 2. The molecule has 0 aliphatic carbocycles. The maximum atomic E-state index is 11.9. The van der Waals surface area contributed by atoms with Gasteiger partial charge in [-0.3, -0.25) is 4.79 Å². The molecule has 4 heteroatoms. The normalized spacial score (nSPS) is 12.0. The summed E-state index contributed by atoms with van der Waals surface area (Å²) in [5, 5.41) is 21.7. The molecule has 32 heavy (non-hydrogen) atoms. The van der Waals surface area contributed by atoms with Crippen molar-refractivity contribution in [2.24, 2.45) is 0 Å². The van der Waals surface area contributed by atoms with Crippen LogP contribution in [0.3, 0.4) is 0 Å². The van der Waals surface area contributed by atoms with Crippen LogP contribution < -0.4 is 5.32 Å². The number of carbonyl (C=O) groups excluding carboxylic acids is 1. The van der Waals surface area contributed by atoms with Crippen molar-refractivity contribution in [1.29, 1.82) is 0 Å². The van der Waals surface area contributed by atoms with Crippen LogP contribution in [-0.2, 0) is 11.2 Å². The highest BCUT2D eigenvalue weighted by molar-refractivity contribution is 5.75. The molecule has 0 atom stereocenters. The minimum Gasteiger partial charge on any atom is -0.504 e. The summed E-state index contributed by atoms with van der Waals surface area (Å²) in [6.45, 7) is 2.75. The Hall–Kier alpha value is -2.75. The number of benzene rings is 1. The first-order valence-electron chi connectivity index (χ1n) is 12.0. The van der Waals surface area contributed by atoms with Crippen molar-refractivity contribution >= 4 is 5.91 Å². The monoisotopic (exact) mass is 439 g/mol. The van der Waals surface area contributed by atoms with E-state index >= 15 is 0 Å². The van der Waals surface area contributed by atoms with Crippen molar-refractivity contribution in [3.8, 4) is 11.5 Å². The van der Waals surface area contributed by atoms with Gasteiger partial charge in [-0.25, -0.2) is 0 Å². The largest absolute Gasteiger partial charge is 0.504 e. The Morgan fingerprint density at radius 3 is 2.00 bits per heavy atom. The lowest BCUT2D eigenvalue weighted by molar-refractivity contribution is -0.121. The average Bonchev–Trinajstić information content (AvgIpc) is 2.78. The highest BCUT2D eigenvalue weighted by Gasteiger charge is 2.03. The van der Waals surface area contributed by atoms with E-state index in [0.29, 0.717) is 19.4 Å². The van der Waals surface area contributed by atoms with Gasteiger partial charge in [-0.1, -0.05) is 74.4 Å². The molecule has 1 amide bonds. The number of phenolic OH excluding ortho intramolecular Hbond substituents is 2. The molecule has 3 N–H and O–H groups in total. The topological polar surface area (TPSA) is 69.6 Å². The first-order valence-corrected chi connectivity index (χ1v) is 12.0. The van der Waals surface area contributed by atoms with Crippen molar-refractivity contribution in [1.82, 2.24) is 5.32 Å². The van der Waals surface area contributed by atoms with Gasteiger partial charge < -0.3 is 15.5 Å². The molecule has 0 aliphatic rings. The van der Waals surface area contributed by atoms with Crippen molar-refractivity contribution < 1.29 is 15.0 Å². The summed E-state index contributed by atoms with van der Waals surface area (Å²) in [7, 11) is 0. The molecule has 4 nitrogen and oxygen atoms in total. The predicted molar refractivity (Wildman–Crippen MR) is 135 cm³/mol. The highest BCUT2D eigenvalue weighted by Crippen LogP contribution is 2.24. The first-order chi connectivity index (χ1) is 15.6. The zero-order valence-electron chi connectivity index (χ0n) is 19.6. The Kier molecular flexibility index (Phi) is 16.2. The maximum Gasteiger partial charge on any atom is 0.220 e. The summed E-state index contributed by atoms with van der Waals surface area (Å²) in [6.07, 6.45) is 28.5. The predicted octanol–water partition coefficient (Wildman–Crippen LogP) is 6.90. The van der Waals surface area contributed by atoms with E-state index in [1.165, 1.54) is 37.8 Å².